The molecule has 2 saturated heterocycles. The normalized spacial score (nSPS) is 28.5. The Morgan fingerprint density at radius 2 is 1.82 bits per heavy atom. The molecule has 4 N–H and O–H groups in total. The average molecular weight is 868 g/mol. The van der Waals surface area contributed by atoms with E-state index in [-0.39, 0.29) is 35.4 Å². The highest BCUT2D eigenvalue weighted by molar-refractivity contribution is 6.35. The Labute approximate surface area is 361 Å². The lowest BCUT2D eigenvalue weighted by atomic mass is 9.83. The number of ether oxygens (including phenoxy) is 5. The Balaban J connectivity index is 1.50. The Morgan fingerprint density at radius 1 is 1.11 bits per heavy atom. The number of aliphatic hydroxyl groups is 1. The molecule has 0 spiro atoms. The standard InChI is InChI=1S/C44H58ClN5O11/c1-23(2)46-30-16-15-29(20-31(30)47-27(6)51)40(53)49(8)26(5)41(54)60-36-21-37(52)50(9)32-18-28(19-33(57-10)38(32)45)17-24(3)13-12-14-35(58-11)44(56)22-34(59-42(55)48-44)25(4)39-43(36,7)61-39/h12-16,18-20,23,25-26,34-36,39,46,56H,17,21-22H2,1-11H3,(H,47,51)(H,48,55)/b14-12+,24-13+/t25-,26+,34+,35-,36+,39+,43+,44+/m1/s1. The smallest absolute Gasteiger partial charge is 0.409 e. The summed E-state index contributed by atoms with van der Waals surface area (Å²) in [7, 11) is 5.91. The first-order valence-corrected chi connectivity index (χ1v) is 20.5. The number of amides is 4. The average Bonchev–Trinajstić information content (AvgIpc) is 3.89. The zero-order chi connectivity index (χ0) is 45.1. The Kier molecular flexibility index (Phi) is 14.5. The number of hydrogen-bond donors (Lipinski definition) is 4. The summed E-state index contributed by atoms with van der Waals surface area (Å²) in [5, 5.41) is 20.5. The number of nitrogens with one attached hydrogen (secondary N) is 3. The first-order valence-electron chi connectivity index (χ1n) is 20.2. The van der Waals surface area contributed by atoms with Crippen molar-refractivity contribution in [2.75, 3.05) is 43.8 Å². The van der Waals surface area contributed by atoms with Crippen molar-refractivity contribution < 1.29 is 52.8 Å². The van der Waals surface area contributed by atoms with Crippen LogP contribution in [0.25, 0.3) is 0 Å². The SMILES string of the molecule is COc1cc2cc(c1Cl)N(C)C(=O)C[C@H](OC(=O)[C@H](C)N(C)C(=O)c1ccc(NC(C)C)c(NC(C)=O)c1)[C@]1(C)O[C@H]1[C@H](C)[C@@H]1C[C@@](O)(NC(=O)O1)[C@H](OC)/C=C/C=C(\C)C2. The maximum absolute atomic E-state index is 14.3. The largest absolute Gasteiger partial charge is 0.495 e. The Bertz CT molecular complexity index is 2090. The highest BCUT2D eigenvalue weighted by atomic mass is 35.5. The van der Waals surface area contributed by atoms with Crippen molar-refractivity contribution in [3.8, 4) is 5.75 Å². The van der Waals surface area contributed by atoms with Crippen LogP contribution in [-0.4, -0.2) is 116 Å². The van der Waals surface area contributed by atoms with Gasteiger partial charge in [0.1, 0.15) is 40.7 Å². The maximum atomic E-state index is 14.3. The van der Waals surface area contributed by atoms with Crippen LogP contribution in [0.5, 0.6) is 5.75 Å². The lowest BCUT2D eigenvalue weighted by Gasteiger charge is -2.42. The molecule has 0 aromatic heterocycles. The summed E-state index contributed by atoms with van der Waals surface area (Å²) in [6.07, 6.45) is 0.546. The number of hydrogen-bond acceptors (Lipinski definition) is 12. The van der Waals surface area contributed by atoms with Gasteiger partial charge in [0, 0.05) is 52.1 Å². The van der Waals surface area contributed by atoms with Crippen LogP contribution in [0.2, 0.25) is 5.02 Å². The number of methoxy groups -OCH3 is 2. The van der Waals surface area contributed by atoms with E-state index in [0.717, 1.165) is 11.1 Å². The van der Waals surface area contributed by atoms with Crippen molar-refractivity contribution in [3.05, 3.63) is 70.3 Å². The molecule has 332 valence electrons. The molecular formula is C44H58ClN5O11. The number of fused-ring (bicyclic) bond motifs is 5. The van der Waals surface area contributed by atoms with Gasteiger partial charge in [-0.25, -0.2) is 9.59 Å². The topological polar surface area (TPSA) is 198 Å². The fourth-order valence-corrected chi connectivity index (χ4v) is 8.10. The molecule has 3 aliphatic rings. The quantitative estimate of drug-likeness (QED) is 0.180. The van der Waals surface area contributed by atoms with Crippen molar-refractivity contribution >= 4 is 58.4 Å². The molecule has 61 heavy (non-hydrogen) atoms. The van der Waals surface area contributed by atoms with Gasteiger partial charge in [0.15, 0.2) is 5.72 Å². The highest BCUT2D eigenvalue weighted by Crippen LogP contribution is 2.49. The molecule has 2 aromatic carbocycles. The monoisotopic (exact) mass is 867 g/mol. The summed E-state index contributed by atoms with van der Waals surface area (Å²) in [4.78, 5) is 69.8. The first-order chi connectivity index (χ1) is 28.6. The molecule has 0 radical (unpaired) electrons. The van der Waals surface area contributed by atoms with Crippen molar-refractivity contribution in [3.63, 3.8) is 0 Å². The minimum Gasteiger partial charge on any atom is -0.495 e. The van der Waals surface area contributed by atoms with Crippen LogP contribution in [0, 0.1) is 5.92 Å². The fraction of sp³-hybridized carbons (Fsp3) is 0.523. The van der Waals surface area contributed by atoms with E-state index in [1.165, 1.54) is 51.0 Å². The third-order valence-corrected chi connectivity index (χ3v) is 11.9. The number of allylic oxidation sites excluding steroid dienone is 3. The number of alkyl carbamates (subject to hydrolysis) is 1. The molecule has 2 fully saturated rings. The zero-order valence-corrected chi connectivity index (χ0v) is 37.3. The number of carbonyl (C=O) groups is 5. The fourth-order valence-electron chi connectivity index (χ4n) is 7.79. The number of anilines is 3. The van der Waals surface area contributed by atoms with Crippen LogP contribution in [0.3, 0.4) is 0 Å². The van der Waals surface area contributed by atoms with Crippen molar-refractivity contribution in [1.29, 1.82) is 0 Å². The van der Waals surface area contributed by atoms with Gasteiger partial charge in [-0.15, -0.1) is 0 Å². The minimum atomic E-state index is -1.86. The molecule has 5 rings (SSSR count). The van der Waals surface area contributed by atoms with Crippen molar-refractivity contribution in [2.24, 2.45) is 5.92 Å². The van der Waals surface area contributed by atoms with Crippen LogP contribution in [-0.2, 0) is 39.8 Å². The summed E-state index contributed by atoms with van der Waals surface area (Å²) >= 11 is 6.80. The van der Waals surface area contributed by atoms with Crippen LogP contribution < -0.4 is 25.6 Å². The summed E-state index contributed by atoms with van der Waals surface area (Å²) in [6, 6.07) is 7.24. The number of rotatable bonds is 9. The zero-order valence-electron chi connectivity index (χ0n) is 36.6. The van der Waals surface area contributed by atoms with Crippen LogP contribution in [0.1, 0.15) is 77.2 Å². The first kappa shape index (κ1) is 46.9. The van der Waals surface area contributed by atoms with E-state index in [2.05, 4.69) is 16.0 Å². The van der Waals surface area contributed by atoms with E-state index >= 15 is 0 Å². The molecule has 0 saturated carbocycles. The van der Waals surface area contributed by atoms with E-state index in [4.69, 9.17) is 35.3 Å². The van der Waals surface area contributed by atoms with Gasteiger partial charge in [-0.3, -0.25) is 19.7 Å². The summed E-state index contributed by atoms with van der Waals surface area (Å²) in [5.41, 5.74) is 0.120. The van der Waals surface area contributed by atoms with Gasteiger partial charge >= 0.3 is 12.1 Å². The molecule has 16 nitrogen and oxygen atoms in total. The number of esters is 1. The van der Waals surface area contributed by atoms with Gasteiger partial charge in [0.2, 0.25) is 11.8 Å². The van der Waals surface area contributed by atoms with Gasteiger partial charge in [-0.2, -0.15) is 0 Å². The Morgan fingerprint density at radius 3 is 2.46 bits per heavy atom. The van der Waals surface area contributed by atoms with Crippen LogP contribution in [0.4, 0.5) is 21.9 Å². The van der Waals surface area contributed by atoms with E-state index < -0.39 is 71.6 Å². The number of epoxide rings is 1. The summed E-state index contributed by atoms with van der Waals surface area (Å²) in [6.45, 7) is 12.1. The van der Waals surface area contributed by atoms with Gasteiger partial charge in [-0.1, -0.05) is 42.3 Å². The lowest BCUT2D eigenvalue weighted by molar-refractivity contribution is -0.158. The molecule has 3 aliphatic heterocycles. The number of carbonyl (C=O) groups excluding carboxylic acids is 5. The molecule has 4 bridgehead atoms. The van der Waals surface area contributed by atoms with E-state index in [1.54, 1.807) is 57.3 Å². The molecule has 4 amide bonds. The van der Waals surface area contributed by atoms with Crippen LogP contribution >= 0.6 is 11.6 Å². The predicted molar refractivity (Wildman–Crippen MR) is 230 cm³/mol. The van der Waals surface area contributed by atoms with Gasteiger partial charge < -0.3 is 49.2 Å². The maximum Gasteiger partial charge on any atom is 0.409 e. The third kappa shape index (κ3) is 10.5. The van der Waals surface area contributed by atoms with Gasteiger partial charge in [0.25, 0.3) is 5.91 Å². The molecule has 8 atom stereocenters. The number of nitrogens with zero attached hydrogens (tertiary/aromatic N) is 2. The van der Waals surface area contributed by atoms with E-state index in [1.807, 2.05) is 26.8 Å². The number of likely N-dealkylation sites (N-methyl/N-ethyl adjacent to an activating group) is 1. The second-order valence-electron chi connectivity index (χ2n) is 16.6. The van der Waals surface area contributed by atoms with Crippen LogP contribution in [0.15, 0.2) is 54.1 Å². The lowest BCUT2D eigenvalue weighted by Crippen LogP contribution is -2.63. The molecule has 0 unspecified atom stereocenters. The predicted octanol–water partition coefficient (Wildman–Crippen LogP) is 5.61. The molecule has 2 aromatic rings. The number of benzene rings is 2. The molecule has 17 heteroatoms. The second-order valence-corrected chi connectivity index (χ2v) is 16.9. The van der Waals surface area contributed by atoms with Gasteiger partial charge in [0.05, 0.1) is 36.7 Å². The van der Waals surface area contributed by atoms with E-state index in [9.17, 15) is 29.1 Å². The summed E-state index contributed by atoms with van der Waals surface area (Å²) in [5.74, 6) is -2.38. The molecule has 3 heterocycles. The van der Waals surface area contributed by atoms with Crippen molar-refractivity contribution in [2.45, 2.75) is 116 Å². The molecular weight excluding hydrogens is 810 g/mol. The van der Waals surface area contributed by atoms with E-state index in [0.29, 0.717) is 29.2 Å². The molecule has 0 aliphatic carbocycles. The number of halogens is 1. The summed E-state index contributed by atoms with van der Waals surface area (Å²) < 4.78 is 29.4. The Hall–Kier alpha value is -5.16. The van der Waals surface area contributed by atoms with Gasteiger partial charge in [-0.05, 0) is 76.9 Å². The third-order valence-electron chi connectivity index (χ3n) is 11.5. The minimum absolute atomic E-state index is 0.0423. The van der Waals surface area contributed by atoms with Crippen molar-refractivity contribution in [1.82, 2.24) is 10.2 Å². The second kappa shape index (κ2) is 18.8. The highest BCUT2D eigenvalue weighted by Gasteiger charge is 2.64.